The number of hydrogen-bond acceptors (Lipinski definition) is 5. The van der Waals surface area contributed by atoms with E-state index >= 15 is 0 Å². The van der Waals surface area contributed by atoms with Gasteiger partial charge in [0.1, 0.15) is 0 Å². The maximum atomic E-state index is 12.9. The van der Waals surface area contributed by atoms with Gasteiger partial charge >= 0.3 is 0 Å². The molecule has 3 heterocycles. The Morgan fingerprint density at radius 3 is 2.90 bits per heavy atom. The van der Waals surface area contributed by atoms with Crippen molar-refractivity contribution in [3.8, 4) is 0 Å². The quantitative estimate of drug-likeness (QED) is 0.916. The molecule has 1 saturated heterocycles. The highest BCUT2D eigenvalue weighted by Crippen LogP contribution is 2.31. The first-order valence-corrected chi connectivity index (χ1v) is 8.96. The first kappa shape index (κ1) is 13.8. The molecule has 0 spiro atoms. The molecular formula is C12H18N4O2S2. The van der Waals surface area contributed by atoms with Crippen molar-refractivity contribution in [2.75, 3.05) is 12.3 Å². The number of nitrogen functional groups attached to an aromatic ring is 1. The largest absolute Gasteiger partial charge is 0.381 e. The molecule has 110 valence electrons. The van der Waals surface area contributed by atoms with Crippen molar-refractivity contribution in [3.63, 3.8) is 0 Å². The molecule has 1 fully saturated rings. The average Bonchev–Trinajstić information content (AvgIpc) is 2.91. The summed E-state index contributed by atoms with van der Waals surface area (Å²) in [5.74, 6) is 0.454. The van der Waals surface area contributed by atoms with Crippen LogP contribution in [0.15, 0.2) is 16.6 Å². The number of thiazole rings is 1. The zero-order valence-corrected chi connectivity index (χ0v) is 13.1. The van der Waals surface area contributed by atoms with Crippen LogP contribution in [0.2, 0.25) is 0 Å². The first-order chi connectivity index (χ1) is 9.41. The van der Waals surface area contributed by atoms with E-state index in [9.17, 15) is 8.42 Å². The Balaban J connectivity index is 2.11. The highest BCUT2D eigenvalue weighted by molar-refractivity contribution is 7.89. The number of imidazole rings is 1. The van der Waals surface area contributed by atoms with E-state index in [0.717, 1.165) is 12.8 Å². The molecule has 2 aromatic heterocycles. The number of fused-ring (bicyclic) bond motifs is 1. The van der Waals surface area contributed by atoms with Crippen LogP contribution in [0.4, 0.5) is 5.82 Å². The topological polar surface area (TPSA) is 80.7 Å². The number of anilines is 1. The zero-order valence-electron chi connectivity index (χ0n) is 11.5. The fourth-order valence-electron chi connectivity index (χ4n) is 2.73. The van der Waals surface area contributed by atoms with E-state index < -0.39 is 10.0 Å². The summed E-state index contributed by atoms with van der Waals surface area (Å²) >= 11 is 1.38. The number of rotatable bonds is 2. The molecular weight excluding hydrogens is 296 g/mol. The van der Waals surface area contributed by atoms with E-state index in [2.05, 4.69) is 11.9 Å². The number of nitrogens with two attached hydrogens (primary N) is 1. The van der Waals surface area contributed by atoms with Crippen molar-refractivity contribution in [2.24, 2.45) is 5.92 Å². The highest BCUT2D eigenvalue weighted by Gasteiger charge is 2.37. The van der Waals surface area contributed by atoms with E-state index in [1.807, 2.05) is 12.3 Å². The molecule has 2 atom stereocenters. The van der Waals surface area contributed by atoms with Crippen molar-refractivity contribution in [1.29, 1.82) is 0 Å². The monoisotopic (exact) mass is 314 g/mol. The molecule has 0 amide bonds. The van der Waals surface area contributed by atoms with Crippen molar-refractivity contribution < 1.29 is 8.42 Å². The molecule has 1 aliphatic heterocycles. The van der Waals surface area contributed by atoms with E-state index in [0.29, 0.717) is 17.4 Å². The Hall–Kier alpha value is -1.12. The van der Waals surface area contributed by atoms with Gasteiger partial charge in [0.15, 0.2) is 15.8 Å². The van der Waals surface area contributed by atoms with Gasteiger partial charge in [-0.15, -0.1) is 11.3 Å². The van der Waals surface area contributed by atoms with Crippen LogP contribution in [0.25, 0.3) is 4.96 Å². The van der Waals surface area contributed by atoms with E-state index in [1.165, 1.54) is 11.3 Å². The first-order valence-electron chi connectivity index (χ1n) is 6.64. The normalized spacial score (nSPS) is 25.3. The van der Waals surface area contributed by atoms with Gasteiger partial charge in [0.05, 0.1) is 0 Å². The Morgan fingerprint density at radius 1 is 1.40 bits per heavy atom. The molecule has 0 aromatic carbocycles. The van der Waals surface area contributed by atoms with Gasteiger partial charge < -0.3 is 5.73 Å². The van der Waals surface area contributed by atoms with Crippen LogP contribution in [-0.2, 0) is 10.0 Å². The predicted octanol–water partition coefficient (Wildman–Crippen LogP) is 1.79. The summed E-state index contributed by atoms with van der Waals surface area (Å²) < 4.78 is 29.0. The third-order valence-electron chi connectivity index (χ3n) is 3.86. The van der Waals surface area contributed by atoms with Gasteiger partial charge in [-0.1, -0.05) is 6.92 Å². The fourth-order valence-corrected chi connectivity index (χ4v) is 5.47. The van der Waals surface area contributed by atoms with Crippen molar-refractivity contribution in [1.82, 2.24) is 13.7 Å². The molecule has 6 nitrogen and oxygen atoms in total. The smallest absolute Gasteiger partial charge is 0.263 e. The molecule has 2 unspecified atom stereocenters. The SMILES string of the molecule is CC1CCC(C)N(S(=O)(=O)c2c(N)nc3sccn23)C1. The van der Waals surface area contributed by atoms with Crippen LogP contribution >= 0.6 is 11.3 Å². The Labute approximate surface area is 122 Å². The summed E-state index contributed by atoms with van der Waals surface area (Å²) in [7, 11) is -3.61. The molecule has 8 heteroatoms. The van der Waals surface area contributed by atoms with Crippen molar-refractivity contribution in [3.05, 3.63) is 11.6 Å². The van der Waals surface area contributed by atoms with Crippen LogP contribution in [0.1, 0.15) is 26.7 Å². The van der Waals surface area contributed by atoms with Gasteiger partial charge in [-0.25, -0.2) is 13.4 Å². The average molecular weight is 314 g/mol. The lowest BCUT2D eigenvalue weighted by Crippen LogP contribution is -2.45. The number of piperidine rings is 1. The van der Waals surface area contributed by atoms with Crippen molar-refractivity contribution in [2.45, 2.75) is 37.8 Å². The summed E-state index contributed by atoms with van der Waals surface area (Å²) in [6.07, 6.45) is 3.64. The predicted molar refractivity (Wildman–Crippen MR) is 79.2 cm³/mol. The Bertz CT molecular complexity index is 734. The Morgan fingerprint density at radius 2 is 2.15 bits per heavy atom. The summed E-state index contributed by atoms with van der Waals surface area (Å²) in [6, 6.07) is -0.000198. The third kappa shape index (κ3) is 2.02. The van der Waals surface area contributed by atoms with Crippen molar-refractivity contribution >= 4 is 32.1 Å². The van der Waals surface area contributed by atoms with Gasteiger partial charge in [-0.3, -0.25) is 4.40 Å². The summed E-state index contributed by atoms with van der Waals surface area (Å²) in [6.45, 7) is 4.57. The van der Waals surface area contributed by atoms with Gasteiger partial charge in [0, 0.05) is 24.2 Å². The number of sulfonamides is 1. The molecule has 0 saturated carbocycles. The standard InChI is InChI=1S/C12H18N4O2S2/c1-8-3-4-9(2)16(7-8)20(17,18)11-10(13)14-12-15(11)5-6-19-12/h5-6,8-9H,3-4,7,13H2,1-2H3. The van der Waals surface area contributed by atoms with Crippen LogP contribution in [0.5, 0.6) is 0 Å². The number of hydrogen-bond donors (Lipinski definition) is 1. The summed E-state index contributed by atoms with van der Waals surface area (Å²) in [5, 5.41) is 1.91. The fraction of sp³-hybridized carbons (Fsp3) is 0.583. The molecule has 0 aliphatic carbocycles. The van der Waals surface area contributed by atoms with Gasteiger partial charge in [0.25, 0.3) is 10.0 Å². The summed E-state index contributed by atoms with van der Waals surface area (Å²) in [5.41, 5.74) is 5.84. The number of nitrogens with zero attached hydrogens (tertiary/aromatic N) is 3. The second kappa shape index (κ2) is 4.71. The zero-order chi connectivity index (χ0) is 14.5. The van der Waals surface area contributed by atoms with Crippen LogP contribution in [0, 0.1) is 5.92 Å². The molecule has 2 aromatic rings. The molecule has 3 rings (SSSR count). The minimum absolute atomic E-state index is 0.000198. The van der Waals surface area contributed by atoms with Gasteiger partial charge in [-0.2, -0.15) is 4.31 Å². The number of aromatic nitrogens is 2. The molecule has 1 aliphatic rings. The molecule has 20 heavy (non-hydrogen) atoms. The minimum Gasteiger partial charge on any atom is -0.381 e. The van der Waals surface area contributed by atoms with E-state index in [-0.39, 0.29) is 16.9 Å². The van der Waals surface area contributed by atoms with E-state index in [1.54, 1.807) is 14.9 Å². The maximum Gasteiger partial charge on any atom is 0.263 e. The Kier molecular flexibility index (Phi) is 3.26. The summed E-state index contributed by atoms with van der Waals surface area (Å²) in [4.78, 5) is 4.74. The molecule has 0 radical (unpaired) electrons. The molecule has 2 N–H and O–H groups in total. The van der Waals surface area contributed by atoms with Gasteiger partial charge in [0.2, 0.25) is 0 Å². The highest BCUT2D eigenvalue weighted by atomic mass is 32.2. The van der Waals surface area contributed by atoms with E-state index in [4.69, 9.17) is 5.73 Å². The van der Waals surface area contributed by atoms with Crippen LogP contribution in [-0.4, -0.2) is 34.7 Å². The second-order valence-electron chi connectivity index (χ2n) is 5.46. The van der Waals surface area contributed by atoms with Gasteiger partial charge in [-0.05, 0) is 25.7 Å². The lowest BCUT2D eigenvalue weighted by molar-refractivity contribution is 0.217. The molecule has 0 bridgehead atoms. The lowest BCUT2D eigenvalue weighted by Gasteiger charge is -2.35. The second-order valence-corrected chi connectivity index (χ2v) is 8.14. The van der Waals surface area contributed by atoms with Crippen LogP contribution < -0.4 is 5.73 Å². The third-order valence-corrected chi connectivity index (χ3v) is 6.63. The maximum absolute atomic E-state index is 12.9. The van der Waals surface area contributed by atoms with Crippen LogP contribution in [0.3, 0.4) is 0 Å². The minimum atomic E-state index is -3.61. The lowest BCUT2D eigenvalue weighted by atomic mass is 9.97.